The second-order valence-corrected chi connectivity index (χ2v) is 3.99. The lowest BCUT2D eigenvalue weighted by Crippen LogP contribution is -2.02. The average molecular weight is 253 g/mol. The van der Waals surface area contributed by atoms with Gasteiger partial charge in [0.2, 0.25) is 0 Å². The van der Waals surface area contributed by atoms with E-state index in [0.717, 1.165) is 6.42 Å². The lowest BCUT2D eigenvalue weighted by molar-refractivity contribution is 0.368. The molecule has 0 heterocycles. The highest BCUT2D eigenvalue weighted by molar-refractivity contribution is 6.50. The summed E-state index contributed by atoms with van der Waals surface area (Å²) in [4.78, 5) is 0. The molecule has 0 aromatic heterocycles. The molecular formula is C13H10BF4-. The predicted octanol–water partition coefficient (Wildman–Crippen LogP) is 4.56. The van der Waals surface area contributed by atoms with Crippen molar-refractivity contribution in [2.24, 2.45) is 0 Å². The number of rotatable bonds is 0. The quantitative estimate of drug-likeness (QED) is 0.407. The molecule has 0 nitrogen and oxygen atoms in total. The lowest BCUT2D eigenvalue weighted by atomic mass is 10.1. The van der Waals surface area contributed by atoms with Gasteiger partial charge >= 0.3 is 7.25 Å². The molecule has 0 spiro atoms. The molecule has 0 radical (unpaired) electrons. The van der Waals surface area contributed by atoms with Gasteiger partial charge in [-0.2, -0.15) is 0 Å². The van der Waals surface area contributed by atoms with Crippen LogP contribution in [0.15, 0.2) is 48.5 Å². The Balaban J connectivity index is 0.000000209. The maximum Gasteiger partial charge on any atom is 0.673 e. The third-order valence-corrected chi connectivity index (χ3v) is 2.71. The fourth-order valence-electron chi connectivity index (χ4n) is 2.08. The lowest BCUT2D eigenvalue weighted by Gasteiger charge is -1.98. The molecule has 94 valence electrons. The second-order valence-electron chi connectivity index (χ2n) is 3.99. The smallest absolute Gasteiger partial charge is 0.418 e. The summed E-state index contributed by atoms with van der Waals surface area (Å²) in [6, 6.07) is 17.3. The fraction of sp³-hybridized carbons (Fsp3) is 0.0769. The van der Waals surface area contributed by atoms with E-state index in [0.29, 0.717) is 0 Å². The molecule has 2 aromatic carbocycles. The normalized spacial score (nSPS) is 12.2. The fourth-order valence-corrected chi connectivity index (χ4v) is 2.08. The number of benzene rings is 2. The van der Waals surface area contributed by atoms with Gasteiger partial charge in [-0.25, -0.2) is 0 Å². The maximum absolute atomic E-state index is 9.75. The maximum atomic E-state index is 9.75. The van der Waals surface area contributed by atoms with Crippen molar-refractivity contribution in [3.8, 4) is 11.1 Å². The molecule has 0 saturated carbocycles. The van der Waals surface area contributed by atoms with Gasteiger partial charge in [0.05, 0.1) is 0 Å². The van der Waals surface area contributed by atoms with Crippen LogP contribution < -0.4 is 0 Å². The predicted molar refractivity (Wildman–Crippen MR) is 64.9 cm³/mol. The highest BCUT2D eigenvalue weighted by Crippen LogP contribution is 2.35. The van der Waals surface area contributed by atoms with Crippen molar-refractivity contribution in [2.45, 2.75) is 6.42 Å². The molecule has 3 rings (SSSR count). The summed E-state index contributed by atoms with van der Waals surface area (Å²) in [5, 5.41) is 0. The monoisotopic (exact) mass is 253 g/mol. The third-order valence-electron chi connectivity index (χ3n) is 2.71. The Hall–Kier alpha value is -1.78. The van der Waals surface area contributed by atoms with Crippen LogP contribution in [0.4, 0.5) is 17.3 Å². The van der Waals surface area contributed by atoms with Gasteiger partial charge in [0.1, 0.15) is 0 Å². The van der Waals surface area contributed by atoms with E-state index in [1.54, 1.807) is 0 Å². The standard InChI is InChI=1S/C13H10.BF4/c1-3-7-12-10(5-1)9-11-6-2-4-8-13(11)12;2-1(3,4)5/h1-8H,9H2;/q;-1. The molecule has 18 heavy (non-hydrogen) atoms. The molecule has 5 heteroatoms. The van der Waals surface area contributed by atoms with Crippen LogP contribution in [-0.2, 0) is 6.42 Å². The number of hydrogen-bond donors (Lipinski definition) is 0. The SMILES string of the molecule is F[B-](F)(F)F.c1ccc2c(c1)Cc1ccccc1-2. The van der Waals surface area contributed by atoms with E-state index in [4.69, 9.17) is 0 Å². The van der Waals surface area contributed by atoms with Gasteiger partial charge in [-0.05, 0) is 28.7 Å². The Morgan fingerprint density at radius 1 is 0.667 bits per heavy atom. The van der Waals surface area contributed by atoms with Crippen LogP contribution in [0.25, 0.3) is 11.1 Å². The summed E-state index contributed by atoms with van der Waals surface area (Å²) in [5.74, 6) is 0. The molecule has 0 saturated heterocycles. The van der Waals surface area contributed by atoms with Crippen LogP contribution in [-0.4, -0.2) is 7.25 Å². The zero-order valence-corrected chi connectivity index (χ0v) is 9.42. The van der Waals surface area contributed by atoms with Crippen LogP contribution in [0.1, 0.15) is 11.1 Å². The van der Waals surface area contributed by atoms with E-state index >= 15 is 0 Å². The minimum atomic E-state index is -6.00. The Kier molecular flexibility index (Phi) is 3.41. The summed E-state index contributed by atoms with van der Waals surface area (Å²) < 4.78 is 39.0. The second kappa shape index (κ2) is 4.84. The van der Waals surface area contributed by atoms with Crippen LogP contribution in [0.2, 0.25) is 0 Å². The average Bonchev–Trinajstić information content (AvgIpc) is 2.65. The molecule has 1 aliphatic carbocycles. The van der Waals surface area contributed by atoms with Gasteiger partial charge in [-0.15, -0.1) is 0 Å². The summed E-state index contributed by atoms with van der Waals surface area (Å²) in [7, 11) is -6.00. The minimum Gasteiger partial charge on any atom is -0.418 e. The molecule has 0 unspecified atom stereocenters. The van der Waals surface area contributed by atoms with Crippen molar-refractivity contribution >= 4 is 7.25 Å². The highest BCUT2D eigenvalue weighted by atomic mass is 19.5. The Labute approximate surface area is 102 Å². The van der Waals surface area contributed by atoms with Gasteiger partial charge < -0.3 is 17.3 Å². The van der Waals surface area contributed by atoms with Crippen molar-refractivity contribution in [3.05, 3.63) is 59.7 Å². The minimum absolute atomic E-state index is 1.10. The summed E-state index contributed by atoms with van der Waals surface area (Å²) in [5.41, 5.74) is 5.75. The summed E-state index contributed by atoms with van der Waals surface area (Å²) in [6.45, 7) is 0. The summed E-state index contributed by atoms with van der Waals surface area (Å²) >= 11 is 0. The first-order valence-electron chi connectivity index (χ1n) is 5.48. The van der Waals surface area contributed by atoms with Crippen LogP contribution in [0.3, 0.4) is 0 Å². The van der Waals surface area contributed by atoms with E-state index in [1.165, 1.54) is 22.3 Å². The van der Waals surface area contributed by atoms with Crippen molar-refractivity contribution < 1.29 is 17.3 Å². The molecular weight excluding hydrogens is 243 g/mol. The first-order chi connectivity index (χ1) is 8.45. The topological polar surface area (TPSA) is 0 Å². The van der Waals surface area contributed by atoms with Gasteiger partial charge in [-0.1, -0.05) is 48.5 Å². The molecule has 0 aliphatic heterocycles. The Bertz CT molecular complexity index is 499. The molecule has 2 aromatic rings. The number of fused-ring (bicyclic) bond motifs is 3. The molecule has 1 aliphatic rings. The van der Waals surface area contributed by atoms with Crippen molar-refractivity contribution in [3.63, 3.8) is 0 Å². The van der Waals surface area contributed by atoms with Gasteiger partial charge in [0.15, 0.2) is 0 Å². The van der Waals surface area contributed by atoms with E-state index in [9.17, 15) is 17.3 Å². The number of halogens is 4. The van der Waals surface area contributed by atoms with E-state index in [-0.39, 0.29) is 0 Å². The van der Waals surface area contributed by atoms with E-state index in [1.807, 2.05) is 0 Å². The van der Waals surface area contributed by atoms with Crippen LogP contribution >= 0.6 is 0 Å². The number of hydrogen-bond acceptors (Lipinski definition) is 0. The van der Waals surface area contributed by atoms with E-state index < -0.39 is 7.25 Å². The Morgan fingerprint density at radius 3 is 1.39 bits per heavy atom. The zero-order chi connectivity index (χ0) is 13.2. The molecule has 0 bridgehead atoms. The van der Waals surface area contributed by atoms with Gasteiger partial charge in [0, 0.05) is 0 Å². The summed E-state index contributed by atoms with van der Waals surface area (Å²) in [6.07, 6.45) is 1.10. The van der Waals surface area contributed by atoms with Crippen molar-refractivity contribution in [1.29, 1.82) is 0 Å². The molecule has 0 amide bonds. The van der Waals surface area contributed by atoms with Crippen molar-refractivity contribution in [1.82, 2.24) is 0 Å². The Morgan fingerprint density at radius 2 is 1.00 bits per heavy atom. The van der Waals surface area contributed by atoms with Crippen LogP contribution in [0, 0.1) is 0 Å². The van der Waals surface area contributed by atoms with Gasteiger partial charge in [0.25, 0.3) is 0 Å². The molecule has 0 N–H and O–H groups in total. The van der Waals surface area contributed by atoms with Gasteiger partial charge in [-0.3, -0.25) is 0 Å². The van der Waals surface area contributed by atoms with Crippen LogP contribution in [0.5, 0.6) is 0 Å². The first kappa shape index (κ1) is 12.7. The molecule has 0 atom stereocenters. The zero-order valence-electron chi connectivity index (χ0n) is 9.42. The largest absolute Gasteiger partial charge is 0.673 e. The van der Waals surface area contributed by atoms with E-state index in [2.05, 4.69) is 48.5 Å². The highest BCUT2D eigenvalue weighted by Gasteiger charge is 2.20. The first-order valence-corrected chi connectivity index (χ1v) is 5.48. The molecule has 0 fully saturated rings. The van der Waals surface area contributed by atoms with Crippen molar-refractivity contribution in [2.75, 3.05) is 0 Å². The third kappa shape index (κ3) is 3.12.